The average molecular weight is 310 g/mol. The molecule has 0 bridgehead atoms. The van der Waals surface area contributed by atoms with Crippen LogP contribution in [0.3, 0.4) is 0 Å². The van der Waals surface area contributed by atoms with Gasteiger partial charge in [0.2, 0.25) is 10.0 Å². The summed E-state index contributed by atoms with van der Waals surface area (Å²) in [5.41, 5.74) is 0. The van der Waals surface area contributed by atoms with Crippen LogP contribution >= 0.6 is 11.6 Å². The molecule has 0 unspecified atom stereocenters. The molecule has 0 saturated heterocycles. The highest BCUT2D eigenvalue weighted by Gasteiger charge is 2.12. The van der Waals surface area contributed by atoms with Crippen molar-refractivity contribution >= 4 is 21.6 Å². The second-order valence-corrected chi connectivity index (χ2v) is 6.04. The van der Waals surface area contributed by atoms with E-state index in [2.05, 4.69) is 4.72 Å². The first-order valence-electron chi connectivity index (χ1n) is 5.68. The molecule has 1 aromatic rings. The molecule has 3 nitrogen and oxygen atoms in total. The van der Waals surface area contributed by atoms with Gasteiger partial charge in [0.25, 0.3) is 6.08 Å². The van der Waals surface area contributed by atoms with E-state index < -0.39 is 16.1 Å². The topological polar surface area (TPSA) is 46.2 Å². The van der Waals surface area contributed by atoms with Gasteiger partial charge in [0.15, 0.2) is 0 Å². The molecule has 1 rings (SSSR count). The summed E-state index contributed by atoms with van der Waals surface area (Å²) in [5, 5.41) is 0.457. The summed E-state index contributed by atoms with van der Waals surface area (Å²) < 4.78 is 49.5. The maximum absolute atomic E-state index is 11.8. The van der Waals surface area contributed by atoms with E-state index in [1.807, 2.05) is 0 Å². The minimum atomic E-state index is -3.55. The number of nitrogens with one attached hydrogen (secondary N) is 1. The van der Waals surface area contributed by atoms with Crippen LogP contribution in [0.5, 0.6) is 0 Å². The van der Waals surface area contributed by atoms with Gasteiger partial charge in [-0.3, -0.25) is 0 Å². The molecular formula is C12H14ClF2NO2S. The van der Waals surface area contributed by atoms with Crippen molar-refractivity contribution in [3.8, 4) is 0 Å². The molecule has 106 valence electrons. The molecule has 0 aromatic heterocycles. The van der Waals surface area contributed by atoms with Gasteiger partial charge in [-0.15, -0.1) is 0 Å². The fourth-order valence-electron chi connectivity index (χ4n) is 1.38. The molecular weight excluding hydrogens is 296 g/mol. The Kier molecular flexibility index (Phi) is 6.41. The lowest BCUT2D eigenvalue weighted by atomic mass is 10.2. The highest BCUT2D eigenvalue weighted by Crippen LogP contribution is 2.13. The molecule has 1 N–H and O–H groups in total. The molecule has 1 aromatic carbocycles. The van der Waals surface area contributed by atoms with E-state index >= 15 is 0 Å². The van der Waals surface area contributed by atoms with E-state index in [1.54, 1.807) is 0 Å². The van der Waals surface area contributed by atoms with Crippen molar-refractivity contribution in [3.05, 3.63) is 41.4 Å². The highest BCUT2D eigenvalue weighted by atomic mass is 35.5. The van der Waals surface area contributed by atoms with Crippen molar-refractivity contribution in [1.29, 1.82) is 0 Å². The largest absolute Gasteiger partial charge is 0.266 e. The Bertz CT molecular complexity index is 525. The number of hydrogen-bond donors (Lipinski definition) is 1. The fraction of sp³-hybridized carbons (Fsp3) is 0.333. The van der Waals surface area contributed by atoms with Crippen LogP contribution in [0.1, 0.15) is 19.3 Å². The van der Waals surface area contributed by atoms with Crippen LogP contribution in [-0.4, -0.2) is 15.0 Å². The summed E-state index contributed by atoms with van der Waals surface area (Å²) in [6.45, 7) is 0.215. The van der Waals surface area contributed by atoms with E-state index in [0.717, 1.165) is 6.08 Å². The number of halogens is 3. The first-order valence-corrected chi connectivity index (χ1v) is 7.54. The van der Waals surface area contributed by atoms with Crippen LogP contribution in [0.15, 0.2) is 41.3 Å². The maximum atomic E-state index is 11.8. The summed E-state index contributed by atoms with van der Waals surface area (Å²) >= 11 is 5.67. The summed E-state index contributed by atoms with van der Waals surface area (Å²) in [7, 11) is -3.55. The lowest BCUT2D eigenvalue weighted by Gasteiger charge is -2.06. The standard InChI is InChI=1S/C12H14ClF2NO2S/c13-10-5-7-11(8-6-10)19(17,18)16-9-3-1-2-4-12(14)15/h4-8,16H,1-3,9H2. The summed E-state index contributed by atoms with van der Waals surface area (Å²) in [6, 6.07) is 5.80. The Labute approximate surface area is 116 Å². The third-order valence-corrected chi connectivity index (χ3v) is 4.07. The Hall–Kier alpha value is -0.980. The van der Waals surface area contributed by atoms with Crippen molar-refractivity contribution in [2.45, 2.75) is 24.2 Å². The number of benzene rings is 1. The van der Waals surface area contributed by atoms with Crippen LogP contribution in [0.25, 0.3) is 0 Å². The Morgan fingerprint density at radius 2 is 1.84 bits per heavy atom. The number of hydrogen-bond acceptors (Lipinski definition) is 2. The molecule has 0 amide bonds. The third kappa shape index (κ3) is 6.13. The van der Waals surface area contributed by atoms with Crippen molar-refractivity contribution in [1.82, 2.24) is 4.72 Å². The van der Waals surface area contributed by atoms with E-state index in [4.69, 9.17) is 11.6 Å². The lowest BCUT2D eigenvalue weighted by Crippen LogP contribution is -2.24. The van der Waals surface area contributed by atoms with Crippen LogP contribution in [0.4, 0.5) is 8.78 Å². The number of allylic oxidation sites excluding steroid dienone is 1. The number of unbranched alkanes of at least 4 members (excludes halogenated alkanes) is 2. The predicted molar refractivity (Wildman–Crippen MR) is 70.8 cm³/mol. The second-order valence-electron chi connectivity index (χ2n) is 3.84. The van der Waals surface area contributed by atoms with Gasteiger partial charge >= 0.3 is 0 Å². The summed E-state index contributed by atoms with van der Waals surface area (Å²) in [4.78, 5) is 0.131. The van der Waals surface area contributed by atoms with E-state index in [0.29, 0.717) is 17.9 Å². The Morgan fingerprint density at radius 3 is 2.42 bits per heavy atom. The molecule has 0 radical (unpaired) electrons. The maximum Gasteiger partial charge on any atom is 0.266 e. The van der Waals surface area contributed by atoms with Gasteiger partial charge in [-0.25, -0.2) is 13.1 Å². The van der Waals surface area contributed by atoms with Crippen molar-refractivity contribution in [2.24, 2.45) is 0 Å². The van der Waals surface area contributed by atoms with E-state index in [9.17, 15) is 17.2 Å². The van der Waals surface area contributed by atoms with Gasteiger partial charge in [0.05, 0.1) is 4.90 Å². The highest BCUT2D eigenvalue weighted by molar-refractivity contribution is 7.89. The SMILES string of the molecule is O=S(=O)(NCCCCC=C(F)F)c1ccc(Cl)cc1. The van der Waals surface area contributed by atoms with Crippen molar-refractivity contribution in [3.63, 3.8) is 0 Å². The molecule has 19 heavy (non-hydrogen) atoms. The lowest BCUT2D eigenvalue weighted by molar-refractivity contribution is 0.416. The average Bonchev–Trinajstić information content (AvgIpc) is 2.34. The minimum Gasteiger partial charge on any atom is -0.211 e. The molecule has 0 aliphatic heterocycles. The second kappa shape index (κ2) is 7.57. The zero-order valence-electron chi connectivity index (χ0n) is 10.1. The number of sulfonamides is 1. The molecule has 0 spiro atoms. The first kappa shape index (κ1) is 16.1. The van der Waals surface area contributed by atoms with E-state index in [-0.39, 0.29) is 17.9 Å². The monoisotopic (exact) mass is 309 g/mol. The van der Waals surface area contributed by atoms with Gasteiger partial charge in [0, 0.05) is 11.6 Å². The summed E-state index contributed by atoms with van der Waals surface area (Å²) in [5.74, 6) is 0. The van der Waals surface area contributed by atoms with Gasteiger partial charge < -0.3 is 0 Å². The first-order chi connectivity index (χ1) is 8.92. The molecule has 0 saturated carbocycles. The van der Waals surface area contributed by atoms with Crippen molar-refractivity contribution in [2.75, 3.05) is 6.54 Å². The van der Waals surface area contributed by atoms with Gasteiger partial charge in [0.1, 0.15) is 0 Å². The molecule has 0 atom stereocenters. The van der Waals surface area contributed by atoms with Gasteiger partial charge in [-0.2, -0.15) is 8.78 Å². The predicted octanol–water partition coefficient (Wildman–Crippen LogP) is 3.57. The van der Waals surface area contributed by atoms with Crippen LogP contribution in [0.2, 0.25) is 5.02 Å². The Morgan fingerprint density at radius 1 is 1.21 bits per heavy atom. The molecule has 0 heterocycles. The quantitative estimate of drug-likeness (QED) is 0.783. The fourth-order valence-corrected chi connectivity index (χ4v) is 2.58. The zero-order chi connectivity index (χ0) is 14.3. The molecule has 7 heteroatoms. The van der Waals surface area contributed by atoms with Crippen LogP contribution in [0, 0.1) is 0 Å². The molecule has 0 fully saturated rings. The zero-order valence-corrected chi connectivity index (χ0v) is 11.6. The minimum absolute atomic E-state index is 0.131. The smallest absolute Gasteiger partial charge is 0.211 e. The third-order valence-electron chi connectivity index (χ3n) is 2.35. The van der Waals surface area contributed by atoms with Crippen molar-refractivity contribution < 1.29 is 17.2 Å². The Balaban J connectivity index is 2.39. The molecule has 0 aliphatic rings. The van der Waals surface area contributed by atoms with Crippen LogP contribution in [-0.2, 0) is 10.0 Å². The van der Waals surface area contributed by atoms with Gasteiger partial charge in [-0.1, -0.05) is 11.6 Å². The number of rotatable bonds is 7. The summed E-state index contributed by atoms with van der Waals surface area (Å²) in [6.07, 6.45) is 0.359. The normalized spacial score (nSPS) is 11.3. The molecule has 0 aliphatic carbocycles. The van der Waals surface area contributed by atoms with Gasteiger partial charge in [-0.05, 0) is 49.6 Å². The van der Waals surface area contributed by atoms with Crippen LogP contribution < -0.4 is 4.72 Å². The van der Waals surface area contributed by atoms with E-state index in [1.165, 1.54) is 24.3 Å².